The van der Waals surface area contributed by atoms with Crippen LogP contribution < -0.4 is 0 Å². The Balaban J connectivity index is 2.43. The van der Waals surface area contributed by atoms with Gasteiger partial charge in [0.05, 0.1) is 4.92 Å². The number of hydrogen-bond acceptors (Lipinski definition) is 4. The van der Waals surface area contributed by atoms with Gasteiger partial charge in [0.1, 0.15) is 0 Å². The first-order chi connectivity index (χ1) is 9.82. The van der Waals surface area contributed by atoms with Crippen LogP contribution in [0.5, 0.6) is 0 Å². The molecule has 1 aliphatic heterocycles. The van der Waals surface area contributed by atoms with Gasteiger partial charge in [0.15, 0.2) is 4.90 Å². The molecule has 8 heteroatoms. The molecule has 116 valence electrons. The standard InChI is InChI=1S/C13H17BrN2O4S/c1-10-3-2-7-15(8-6-10)21(19,20)13-9-11(14)4-5-12(13)16(17)18/h4-5,9-10H,2-3,6-8H2,1H3. The Bertz CT molecular complexity index is 648. The molecule has 1 atom stereocenters. The lowest BCUT2D eigenvalue weighted by atomic mass is 10.0. The second-order valence-corrected chi connectivity index (χ2v) is 8.13. The predicted octanol–water partition coefficient (Wildman–Crippen LogP) is 3.17. The molecule has 1 fully saturated rings. The van der Waals surface area contributed by atoms with Crippen LogP contribution in [0.3, 0.4) is 0 Å². The summed E-state index contributed by atoms with van der Waals surface area (Å²) in [5, 5.41) is 11.1. The van der Waals surface area contributed by atoms with Crippen molar-refractivity contribution in [3.05, 3.63) is 32.8 Å². The van der Waals surface area contributed by atoms with Crippen molar-refractivity contribution in [3.8, 4) is 0 Å². The molecule has 0 aliphatic carbocycles. The predicted molar refractivity (Wildman–Crippen MR) is 82.6 cm³/mol. The number of sulfonamides is 1. The number of nitrogens with zero attached hydrogens (tertiary/aromatic N) is 2. The molecule has 1 aromatic carbocycles. The molecule has 21 heavy (non-hydrogen) atoms. The van der Waals surface area contributed by atoms with Gasteiger partial charge in [-0.3, -0.25) is 10.1 Å². The zero-order valence-corrected chi connectivity index (χ0v) is 14.1. The summed E-state index contributed by atoms with van der Waals surface area (Å²) in [7, 11) is -3.85. The topological polar surface area (TPSA) is 80.5 Å². The molecule has 0 N–H and O–H groups in total. The van der Waals surface area contributed by atoms with Crippen LogP contribution in [0.1, 0.15) is 26.2 Å². The average molecular weight is 377 g/mol. The molecule has 0 radical (unpaired) electrons. The van der Waals surface area contributed by atoms with Gasteiger partial charge in [-0.25, -0.2) is 8.42 Å². The van der Waals surface area contributed by atoms with E-state index in [0.29, 0.717) is 23.5 Å². The smallest absolute Gasteiger partial charge is 0.258 e. The lowest BCUT2D eigenvalue weighted by molar-refractivity contribution is -0.387. The third-order valence-electron chi connectivity index (χ3n) is 3.71. The van der Waals surface area contributed by atoms with Crippen molar-refractivity contribution in [1.29, 1.82) is 0 Å². The van der Waals surface area contributed by atoms with Gasteiger partial charge in [-0.1, -0.05) is 22.9 Å². The number of benzene rings is 1. The first-order valence-corrected chi connectivity index (χ1v) is 9.00. The van der Waals surface area contributed by atoms with Crippen molar-refractivity contribution in [3.63, 3.8) is 0 Å². The highest BCUT2D eigenvalue weighted by molar-refractivity contribution is 9.10. The van der Waals surface area contributed by atoms with E-state index in [1.165, 1.54) is 22.5 Å². The Labute approximate surface area is 132 Å². The molecule has 1 aliphatic rings. The Morgan fingerprint density at radius 1 is 1.33 bits per heavy atom. The van der Waals surface area contributed by atoms with Crippen LogP contribution in [0.15, 0.2) is 27.6 Å². The quantitative estimate of drug-likeness (QED) is 0.599. The minimum Gasteiger partial charge on any atom is -0.258 e. The Kier molecular flexibility index (Phi) is 5.00. The maximum Gasteiger partial charge on any atom is 0.289 e. The van der Waals surface area contributed by atoms with Crippen molar-refractivity contribution >= 4 is 31.6 Å². The Morgan fingerprint density at radius 2 is 2.05 bits per heavy atom. The summed E-state index contributed by atoms with van der Waals surface area (Å²) in [6.07, 6.45) is 2.54. The van der Waals surface area contributed by atoms with E-state index in [1.54, 1.807) is 0 Å². The molecular formula is C13H17BrN2O4S. The third-order valence-corrected chi connectivity index (χ3v) is 6.13. The lowest BCUT2D eigenvalue weighted by Crippen LogP contribution is -2.32. The van der Waals surface area contributed by atoms with Crippen molar-refractivity contribution in [2.24, 2.45) is 5.92 Å². The van der Waals surface area contributed by atoms with E-state index in [-0.39, 0.29) is 10.6 Å². The number of nitro benzene ring substituents is 1. The molecule has 1 heterocycles. The van der Waals surface area contributed by atoms with Gasteiger partial charge in [-0.2, -0.15) is 4.31 Å². The van der Waals surface area contributed by atoms with Gasteiger partial charge in [-0.05, 0) is 37.3 Å². The minimum absolute atomic E-state index is 0.239. The highest BCUT2D eigenvalue weighted by Gasteiger charge is 2.32. The van der Waals surface area contributed by atoms with E-state index in [1.807, 2.05) is 0 Å². The number of hydrogen-bond donors (Lipinski definition) is 0. The molecule has 0 bridgehead atoms. The summed E-state index contributed by atoms with van der Waals surface area (Å²) in [5.41, 5.74) is -0.379. The molecule has 0 spiro atoms. The molecule has 1 aromatic rings. The van der Waals surface area contributed by atoms with Crippen molar-refractivity contribution in [2.45, 2.75) is 31.1 Å². The summed E-state index contributed by atoms with van der Waals surface area (Å²) >= 11 is 3.18. The minimum atomic E-state index is -3.85. The zero-order chi connectivity index (χ0) is 15.6. The summed E-state index contributed by atoms with van der Waals surface area (Å²) in [6, 6.07) is 4.00. The molecule has 1 saturated heterocycles. The molecule has 0 saturated carbocycles. The van der Waals surface area contributed by atoms with Crippen LogP contribution in [0.4, 0.5) is 5.69 Å². The van der Waals surface area contributed by atoms with Crippen LogP contribution in [0.2, 0.25) is 0 Å². The molecule has 1 unspecified atom stereocenters. The van der Waals surface area contributed by atoms with Gasteiger partial charge < -0.3 is 0 Å². The van der Waals surface area contributed by atoms with Gasteiger partial charge in [0.25, 0.3) is 5.69 Å². The van der Waals surface area contributed by atoms with Gasteiger partial charge in [0.2, 0.25) is 10.0 Å². The molecule has 0 aromatic heterocycles. The Hall–Kier alpha value is -0.990. The SMILES string of the molecule is CC1CCCN(S(=O)(=O)c2cc(Br)ccc2[N+](=O)[O-])CC1. The second kappa shape index (κ2) is 6.41. The maximum atomic E-state index is 12.7. The maximum absolute atomic E-state index is 12.7. The fourth-order valence-corrected chi connectivity index (χ4v) is 4.65. The summed E-state index contributed by atoms with van der Waals surface area (Å²) in [6.45, 7) is 2.92. The number of nitro groups is 1. The first kappa shape index (κ1) is 16.4. The molecule has 6 nitrogen and oxygen atoms in total. The van der Waals surface area contributed by atoms with Crippen LogP contribution in [-0.2, 0) is 10.0 Å². The molecule has 0 amide bonds. The van der Waals surface area contributed by atoms with E-state index in [2.05, 4.69) is 22.9 Å². The van der Waals surface area contributed by atoms with Crippen LogP contribution >= 0.6 is 15.9 Å². The highest BCUT2D eigenvalue weighted by atomic mass is 79.9. The van der Waals surface area contributed by atoms with E-state index in [4.69, 9.17) is 0 Å². The van der Waals surface area contributed by atoms with E-state index >= 15 is 0 Å². The van der Waals surface area contributed by atoms with Crippen LogP contribution in [-0.4, -0.2) is 30.7 Å². The third kappa shape index (κ3) is 3.61. The van der Waals surface area contributed by atoms with Crippen molar-refractivity contribution in [2.75, 3.05) is 13.1 Å². The van der Waals surface area contributed by atoms with Gasteiger partial charge >= 0.3 is 0 Å². The molecule has 2 rings (SSSR count). The largest absolute Gasteiger partial charge is 0.289 e. The monoisotopic (exact) mass is 376 g/mol. The first-order valence-electron chi connectivity index (χ1n) is 6.76. The van der Waals surface area contributed by atoms with Crippen molar-refractivity contribution in [1.82, 2.24) is 4.31 Å². The van der Waals surface area contributed by atoms with Crippen molar-refractivity contribution < 1.29 is 13.3 Å². The Morgan fingerprint density at radius 3 is 2.71 bits per heavy atom. The number of rotatable bonds is 3. The zero-order valence-electron chi connectivity index (χ0n) is 11.7. The van der Waals surface area contributed by atoms with Gasteiger partial charge in [0, 0.05) is 23.6 Å². The van der Waals surface area contributed by atoms with Crippen LogP contribution in [0, 0.1) is 16.0 Å². The normalized spacial score (nSPS) is 21.0. The average Bonchev–Trinajstić information content (AvgIpc) is 2.63. The number of halogens is 1. The summed E-state index contributed by atoms with van der Waals surface area (Å²) < 4.78 is 27.3. The van der Waals surface area contributed by atoms with E-state index < -0.39 is 14.9 Å². The fourth-order valence-electron chi connectivity index (χ4n) is 2.46. The summed E-state index contributed by atoms with van der Waals surface area (Å²) in [5.74, 6) is 0.475. The van der Waals surface area contributed by atoms with Gasteiger partial charge in [-0.15, -0.1) is 0 Å². The van der Waals surface area contributed by atoms with Crippen LogP contribution in [0.25, 0.3) is 0 Å². The molecular weight excluding hydrogens is 360 g/mol. The summed E-state index contributed by atoms with van der Waals surface area (Å²) in [4.78, 5) is 10.2. The highest BCUT2D eigenvalue weighted by Crippen LogP contribution is 2.31. The lowest BCUT2D eigenvalue weighted by Gasteiger charge is -2.20. The van der Waals surface area contributed by atoms with E-state index in [0.717, 1.165) is 19.3 Å². The van der Waals surface area contributed by atoms with E-state index in [9.17, 15) is 18.5 Å². The second-order valence-electron chi connectivity index (χ2n) is 5.31. The fraction of sp³-hybridized carbons (Fsp3) is 0.538.